The predicted molar refractivity (Wildman–Crippen MR) is 87.3 cm³/mol. The summed E-state index contributed by atoms with van der Waals surface area (Å²) in [5.41, 5.74) is -0.332. The highest BCUT2D eigenvalue weighted by Gasteiger charge is 2.30. The van der Waals surface area contributed by atoms with Gasteiger partial charge in [0.25, 0.3) is 0 Å². The molecule has 1 aliphatic heterocycles. The summed E-state index contributed by atoms with van der Waals surface area (Å²) in [7, 11) is 1.82. The summed E-state index contributed by atoms with van der Waals surface area (Å²) in [6.07, 6.45) is 6.64. The smallest absolute Gasteiger partial charge is 0.103 e. The Kier molecular flexibility index (Phi) is 7.65. The second kappa shape index (κ2) is 8.73. The van der Waals surface area contributed by atoms with Crippen molar-refractivity contribution in [1.29, 1.82) is 5.26 Å². The normalized spacial score (nSPS) is 26.2. The molecule has 21 heavy (non-hydrogen) atoms. The van der Waals surface area contributed by atoms with Crippen LogP contribution >= 0.6 is 0 Å². The van der Waals surface area contributed by atoms with E-state index in [0.717, 1.165) is 51.7 Å². The van der Waals surface area contributed by atoms with Gasteiger partial charge >= 0.3 is 0 Å². The molecule has 2 unspecified atom stereocenters. The molecule has 0 spiro atoms. The van der Waals surface area contributed by atoms with E-state index in [2.05, 4.69) is 30.1 Å². The lowest BCUT2D eigenvalue weighted by Crippen LogP contribution is -2.47. The van der Waals surface area contributed by atoms with Gasteiger partial charge in [-0.3, -0.25) is 5.32 Å². The second-order valence-corrected chi connectivity index (χ2v) is 6.86. The molecule has 1 aliphatic rings. The van der Waals surface area contributed by atoms with Crippen molar-refractivity contribution in [2.75, 3.05) is 33.3 Å². The molecule has 0 radical (unpaired) electrons. The summed E-state index contributed by atoms with van der Waals surface area (Å²) >= 11 is 0. The number of methoxy groups -OCH3 is 1. The first-order valence-corrected chi connectivity index (χ1v) is 8.41. The van der Waals surface area contributed by atoms with Crippen molar-refractivity contribution in [1.82, 2.24) is 10.2 Å². The number of nitrogens with one attached hydrogen (secondary N) is 1. The van der Waals surface area contributed by atoms with Gasteiger partial charge in [-0.15, -0.1) is 0 Å². The van der Waals surface area contributed by atoms with Crippen LogP contribution in [0.15, 0.2) is 0 Å². The number of unbranched alkanes of at least 4 members (excludes halogenated alkanes) is 1. The van der Waals surface area contributed by atoms with Gasteiger partial charge in [-0.05, 0) is 72.0 Å². The van der Waals surface area contributed by atoms with Crippen molar-refractivity contribution in [2.24, 2.45) is 0 Å². The van der Waals surface area contributed by atoms with Gasteiger partial charge in [0.05, 0.1) is 11.7 Å². The average Bonchev–Trinajstić information content (AvgIpc) is 2.50. The largest absolute Gasteiger partial charge is 0.377 e. The topological polar surface area (TPSA) is 48.3 Å². The number of rotatable bonds is 9. The molecule has 1 rings (SSSR count). The molecule has 1 fully saturated rings. The quantitative estimate of drug-likeness (QED) is 0.664. The van der Waals surface area contributed by atoms with E-state index in [1.54, 1.807) is 0 Å². The zero-order chi connectivity index (χ0) is 15.8. The summed E-state index contributed by atoms with van der Waals surface area (Å²) < 4.78 is 5.64. The zero-order valence-electron chi connectivity index (χ0n) is 14.4. The Balaban J connectivity index is 2.26. The van der Waals surface area contributed by atoms with Crippen LogP contribution in [0.3, 0.4) is 0 Å². The number of ether oxygens (including phenoxy) is 1. The van der Waals surface area contributed by atoms with E-state index < -0.39 is 0 Å². The zero-order valence-corrected chi connectivity index (χ0v) is 14.4. The average molecular weight is 295 g/mol. The fourth-order valence-corrected chi connectivity index (χ4v) is 3.06. The van der Waals surface area contributed by atoms with Crippen LogP contribution in [-0.2, 0) is 4.74 Å². The molecular formula is C17H33N3O. The van der Waals surface area contributed by atoms with Crippen LogP contribution in [0.4, 0.5) is 0 Å². The van der Waals surface area contributed by atoms with Gasteiger partial charge < -0.3 is 9.64 Å². The van der Waals surface area contributed by atoms with E-state index in [1.165, 1.54) is 13.0 Å². The molecule has 0 aromatic heterocycles. The van der Waals surface area contributed by atoms with Gasteiger partial charge in [0.15, 0.2) is 0 Å². The molecule has 4 heteroatoms. The van der Waals surface area contributed by atoms with Crippen LogP contribution in [0, 0.1) is 11.3 Å². The number of piperidine rings is 1. The maximum atomic E-state index is 9.32. The van der Waals surface area contributed by atoms with Gasteiger partial charge in [-0.25, -0.2) is 0 Å². The van der Waals surface area contributed by atoms with Crippen LogP contribution in [-0.4, -0.2) is 49.3 Å². The minimum Gasteiger partial charge on any atom is -0.377 e. The number of hydrogen-bond acceptors (Lipinski definition) is 4. The molecule has 0 bridgehead atoms. The summed E-state index contributed by atoms with van der Waals surface area (Å²) in [5, 5.41) is 12.7. The Morgan fingerprint density at radius 2 is 2.19 bits per heavy atom. The van der Waals surface area contributed by atoms with Crippen molar-refractivity contribution in [2.45, 2.75) is 70.4 Å². The van der Waals surface area contributed by atoms with Crippen molar-refractivity contribution >= 4 is 0 Å². The van der Waals surface area contributed by atoms with Crippen molar-refractivity contribution in [3.8, 4) is 6.07 Å². The lowest BCUT2D eigenvalue weighted by molar-refractivity contribution is -0.0508. The monoisotopic (exact) mass is 295 g/mol. The molecule has 0 aromatic carbocycles. The van der Waals surface area contributed by atoms with Crippen LogP contribution in [0.1, 0.15) is 59.3 Å². The Bertz CT molecular complexity index is 341. The lowest BCUT2D eigenvalue weighted by atomic mass is 9.93. The summed E-state index contributed by atoms with van der Waals surface area (Å²) in [5.74, 6) is 0. The molecule has 1 heterocycles. The van der Waals surface area contributed by atoms with E-state index >= 15 is 0 Å². The molecule has 2 atom stereocenters. The van der Waals surface area contributed by atoms with Gasteiger partial charge in [-0.2, -0.15) is 5.26 Å². The van der Waals surface area contributed by atoms with Crippen molar-refractivity contribution < 1.29 is 4.74 Å². The summed E-state index contributed by atoms with van der Waals surface area (Å²) in [6.45, 7) is 10.6. The Hall–Kier alpha value is -0.630. The molecule has 0 amide bonds. The van der Waals surface area contributed by atoms with E-state index in [1.807, 2.05) is 14.0 Å². The number of nitrogens with zero attached hydrogens (tertiary/aromatic N) is 2. The van der Waals surface area contributed by atoms with Crippen LogP contribution in [0.5, 0.6) is 0 Å². The maximum absolute atomic E-state index is 9.32. The number of hydrogen-bond donors (Lipinski definition) is 1. The maximum Gasteiger partial charge on any atom is 0.103 e. The number of likely N-dealkylation sites (tertiary alicyclic amines) is 1. The first-order chi connectivity index (χ1) is 9.97. The third kappa shape index (κ3) is 6.34. The molecule has 0 aliphatic carbocycles. The number of nitriles is 1. The SMILES string of the molecule is CCCNC(C)(C#N)CCCCN1CCCC(C)(OC)C1. The molecular weight excluding hydrogens is 262 g/mol. The molecule has 0 aromatic rings. The first-order valence-electron chi connectivity index (χ1n) is 8.41. The molecule has 4 nitrogen and oxygen atoms in total. The summed E-state index contributed by atoms with van der Waals surface area (Å²) in [6, 6.07) is 2.43. The lowest BCUT2D eigenvalue weighted by Gasteiger charge is -2.39. The van der Waals surface area contributed by atoms with Gasteiger partial charge in [-0.1, -0.05) is 6.92 Å². The van der Waals surface area contributed by atoms with E-state index in [-0.39, 0.29) is 11.1 Å². The highest BCUT2D eigenvalue weighted by molar-refractivity contribution is 5.03. The molecule has 122 valence electrons. The van der Waals surface area contributed by atoms with Crippen LogP contribution < -0.4 is 5.32 Å². The van der Waals surface area contributed by atoms with Gasteiger partial charge in [0.2, 0.25) is 0 Å². The second-order valence-electron chi connectivity index (χ2n) is 6.86. The molecule has 0 saturated carbocycles. The Labute approximate surface area is 130 Å². The van der Waals surface area contributed by atoms with Crippen molar-refractivity contribution in [3.63, 3.8) is 0 Å². The fourth-order valence-electron chi connectivity index (χ4n) is 3.06. The summed E-state index contributed by atoms with van der Waals surface area (Å²) in [4.78, 5) is 2.51. The molecule has 1 saturated heterocycles. The van der Waals surface area contributed by atoms with Gasteiger partial charge in [0.1, 0.15) is 5.54 Å². The van der Waals surface area contributed by atoms with Crippen LogP contribution in [0.2, 0.25) is 0 Å². The van der Waals surface area contributed by atoms with Gasteiger partial charge in [0, 0.05) is 13.7 Å². The highest BCUT2D eigenvalue weighted by atomic mass is 16.5. The Morgan fingerprint density at radius 1 is 1.43 bits per heavy atom. The fraction of sp³-hybridized carbons (Fsp3) is 0.941. The van der Waals surface area contributed by atoms with Crippen molar-refractivity contribution in [3.05, 3.63) is 0 Å². The minimum absolute atomic E-state index is 0.0299. The van der Waals surface area contributed by atoms with E-state index in [9.17, 15) is 5.26 Å². The minimum atomic E-state index is -0.362. The predicted octanol–water partition coefficient (Wildman–Crippen LogP) is 2.94. The highest BCUT2D eigenvalue weighted by Crippen LogP contribution is 2.24. The molecule has 1 N–H and O–H groups in total. The van der Waals surface area contributed by atoms with E-state index in [4.69, 9.17) is 4.74 Å². The first kappa shape index (κ1) is 18.4. The van der Waals surface area contributed by atoms with Crippen LogP contribution in [0.25, 0.3) is 0 Å². The Morgan fingerprint density at radius 3 is 2.81 bits per heavy atom. The third-order valence-electron chi connectivity index (χ3n) is 4.64. The standard InChI is InChI=1S/C17H33N3O/c1-5-11-19-16(2,14-18)9-6-7-12-20-13-8-10-17(3,15-20)21-4/h19H,5-13,15H2,1-4H3. The third-order valence-corrected chi connectivity index (χ3v) is 4.64. The van der Waals surface area contributed by atoms with E-state index in [0.29, 0.717) is 0 Å².